The fourth-order valence-electron chi connectivity index (χ4n) is 1.83. The first-order valence-electron chi connectivity index (χ1n) is 6.24. The van der Waals surface area contributed by atoms with Gasteiger partial charge in [0.25, 0.3) is 0 Å². The lowest BCUT2D eigenvalue weighted by molar-refractivity contribution is 0.658. The molecule has 0 radical (unpaired) electrons. The summed E-state index contributed by atoms with van der Waals surface area (Å²) in [5.74, 6) is 0. The van der Waals surface area contributed by atoms with Crippen molar-refractivity contribution in [2.75, 3.05) is 6.54 Å². The number of aryl methyl sites for hydroxylation is 1. The number of rotatable bonds is 5. The van der Waals surface area contributed by atoms with Crippen LogP contribution in [0.5, 0.6) is 0 Å². The molecule has 0 saturated heterocycles. The highest BCUT2D eigenvalue weighted by molar-refractivity contribution is 7.99. The van der Waals surface area contributed by atoms with E-state index < -0.39 is 0 Å². The van der Waals surface area contributed by atoms with Gasteiger partial charge in [-0.15, -0.1) is 5.10 Å². The number of benzene rings is 1. The molecule has 0 aliphatic heterocycles. The molecule has 0 fully saturated rings. The zero-order chi connectivity index (χ0) is 13.8. The summed E-state index contributed by atoms with van der Waals surface area (Å²) in [5.41, 5.74) is 8.03. The van der Waals surface area contributed by atoms with Gasteiger partial charge in [0.2, 0.25) is 0 Å². The number of nitrogens with zero attached hydrogens (tertiary/aromatic N) is 2. The predicted octanol–water partition coefficient (Wildman–Crippen LogP) is 1.69. The van der Waals surface area contributed by atoms with Gasteiger partial charge in [0.1, 0.15) is 0 Å². The lowest BCUT2D eigenvalue weighted by Gasteiger charge is -2.14. The summed E-state index contributed by atoms with van der Waals surface area (Å²) in [4.78, 5) is 11.5. The smallest absolute Gasteiger partial charge is 0.329 e. The molecule has 0 bridgehead atoms. The summed E-state index contributed by atoms with van der Waals surface area (Å²) < 4.78 is 1.61. The van der Waals surface area contributed by atoms with Gasteiger partial charge in [0.05, 0.1) is 0 Å². The first-order chi connectivity index (χ1) is 9.15. The molecule has 102 valence electrons. The van der Waals surface area contributed by atoms with Crippen LogP contribution in [-0.4, -0.2) is 21.3 Å². The molecule has 6 heteroatoms. The molecule has 2 rings (SSSR count). The van der Waals surface area contributed by atoms with Crippen LogP contribution in [0.3, 0.4) is 0 Å². The van der Waals surface area contributed by atoms with Crippen molar-refractivity contribution in [2.45, 2.75) is 30.8 Å². The number of H-pyrrole nitrogens is 1. The van der Waals surface area contributed by atoms with E-state index in [1.807, 2.05) is 6.92 Å². The topological polar surface area (TPSA) is 76.7 Å². The molecule has 1 unspecified atom stereocenters. The molecule has 5 nitrogen and oxygen atoms in total. The Balaban J connectivity index is 2.23. The second-order valence-electron chi connectivity index (χ2n) is 4.31. The Kier molecular flexibility index (Phi) is 4.44. The van der Waals surface area contributed by atoms with Crippen LogP contribution in [0.15, 0.2) is 34.2 Å². The van der Waals surface area contributed by atoms with E-state index in [0.717, 1.165) is 5.56 Å². The van der Waals surface area contributed by atoms with Crippen LogP contribution in [0.25, 0.3) is 0 Å². The minimum Gasteiger partial charge on any atom is -0.329 e. The van der Waals surface area contributed by atoms with E-state index in [4.69, 9.17) is 5.73 Å². The fraction of sp³-hybridized carbons (Fsp3) is 0.385. The standard InChI is InChI=1S/C13H18N4OS/c1-3-17-12(18)15-16-13(17)19-11(8-14)10-6-4-9(2)5-7-10/h4-7,11H,3,8,14H2,1-2H3,(H,15,18). The summed E-state index contributed by atoms with van der Waals surface area (Å²) in [6, 6.07) is 8.27. The Morgan fingerprint density at radius 3 is 2.68 bits per heavy atom. The quantitative estimate of drug-likeness (QED) is 0.816. The van der Waals surface area contributed by atoms with Gasteiger partial charge in [0, 0.05) is 18.3 Å². The number of nitrogens with two attached hydrogens (primary N) is 1. The molecule has 0 aliphatic rings. The van der Waals surface area contributed by atoms with Crippen LogP contribution in [0.1, 0.15) is 23.3 Å². The highest BCUT2D eigenvalue weighted by atomic mass is 32.2. The Morgan fingerprint density at radius 1 is 1.42 bits per heavy atom. The number of hydrogen-bond acceptors (Lipinski definition) is 4. The highest BCUT2D eigenvalue weighted by Gasteiger charge is 2.16. The number of thioether (sulfide) groups is 1. The average Bonchev–Trinajstić information content (AvgIpc) is 2.77. The monoisotopic (exact) mass is 278 g/mol. The Hall–Kier alpha value is -1.53. The highest BCUT2D eigenvalue weighted by Crippen LogP contribution is 2.32. The first-order valence-corrected chi connectivity index (χ1v) is 7.12. The maximum Gasteiger partial charge on any atom is 0.343 e. The number of aromatic amines is 1. The molecular formula is C13H18N4OS. The molecule has 3 N–H and O–H groups in total. The Labute approximate surface area is 116 Å². The molecule has 0 amide bonds. The summed E-state index contributed by atoms with van der Waals surface area (Å²) in [5, 5.41) is 7.31. The van der Waals surface area contributed by atoms with Crippen molar-refractivity contribution in [3.63, 3.8) is 0 Å². The summed E-state index contributed by atoms with van der Waals surface area (Å²) in [6.45, 7) is 5.07. The fourth-order valence-corrected chi connectivity index (χ4v) is 2.91. The molecule has 1 aromatic carbocycles. The van der Waals surface area contributed by atoms with E-state index in [9.17, 15) is 4.79 Å². The van der Waals surface area contributed by atoms with E-state index in [2.05, 4.69) is 41.4 Å². The molecule has 0 spiro atoms. The minimum atomic E-state index is -0.176. The van der Waals surface area contributed by atoms with Gasteiger partial charge in [-0.05, 0) is 19.4 Å². The summed E-state index contributed by atoms with van der Waals surface area (Å²) in [6.07, 6.45) is 0. The van der Waals surface area contributed by atoms with E-state index in [-0.39, 0.29) is 10.9 Å². The van der Waals surface area contributed by atoms with Crippen molar-refractivity contribution in [3.05, 3.63) is 45.9 Å². The van der Waals surface area contributed by atoms with Crippen LogP contribution in [-0.2, 0) is 6.54 Å². The van der Waals surface area contributed by atoms with E-state index in [1.54, 1.807) is 4.57 Å². The summed E-state index contributed by atoms with van der Waals surface area (Å²) in [7, 11) is 0. The number of nitrogens with one attached hydrogen (secondary N) is 1. The number of hydrogen-bond donors (Lipinski definition) is 2. The van der Waals surface area contributed by atoms with Crippen molar-refractivity contribution < 1.29 is 0 Å². The molecule has 19 heavy (non-hydrogen) atoms. The maximum absolute atomic E-state index is 11.5. The van der Waals surface area contributed by atoms with Gasteiger partial charge < -0.3 is 5.73 Å². The lowest BCUT2D eigenvalue weighted by atomic mass is 10.1. The third-order valence-electron chi connectivity index (χ3n) is 2.95. The van der Waals surface area contributed by atoms with Crippen LogP contribution in [0.4, 0.5) is 0 Å². The second kappa shape index (κ2) is 6.08. The van der Waals surface area contributed by atoms with Gasteiger partial charge in [0.15, 0.2) is 5.16 Å². The molecule has 0 saturated carbocycles. The Bertz CT molecular complexity index is 587. The minimum absolute atomic E-state index is 0.0982. The third kappa shape index (κ3) is 3.08. The zero-order valence-corrected chi connectivity index (χ0v) is 11.9. The van der Waals surface area contributed by atoms with Gasteiger partial charge in [-0.2, -0.15) is 0 Å². The average molecular weight is 278 g/mol. The zero-order valence-electron chi connectivity index (χ0n) is 11.1. The van der Waals surface area contributed by atoms with E-state index in [0.29, 0.717) is 18.2 Å². The van der Waals surface area contributed by atoms with Crippen molar-refractivity contribution in [2.24, 2.45) is 5.73 Å². The van der Waals surface area contributed by atoms with Crippen LogP contribution < -0.4 is 11.4 Å². The molecular weight excluding hydrogens is 260 g/mol. The van der Waals surface area contributed by atoms with Gasteiger partial charge in [-0.1, -0.05) is 41.6 Å². The van der Waals surface area contributed by atoms with Crippen molar-refractivity contribution in [1.29, 1.82) is 0 Å². The second-order valence-corrected chi connectivity index (χ2v) is 5.48. The van der Waals surface area contributed by atoms with E-state index in [1.165, 1.54) is 17.3 Å². The van der Waals surface area contributed by atoms with Crippen LogP contribution >= 0.6 is 11.8 Å². The number of aromatic nitrogens is 3. The molecule has 1 aromatic heterocycles. The summed E-state index contributed by atoms with van der Waals surface area (Å²) >= 11 is 1.52. The Morgan fingerprint density at radius 2 is 2.11 bits per heavy atom. The normalized spacial score (nSPS) is 12.6. The largest absolute Gasteiger partial charge is 0.343 e. The molecule has 1 heterocycles. The molecule has 1 atom stereocenters. The molecule has 2 aromatic rings. The van der Waals surface area contributed by atoms with Crippen molar-refractivity contribution in [3.8, 4) is 0 Å². The van der Waals surface area contributed by atoms with Crippen molar-refractivity contribution in [1.82, 2.24) is 14.8 Å². The van der Waals surface area contributed by atoms with Crippen LogP contribution in [0, 0.1) is 6.92 Å². The van der Waals surface area contributed by atoms with Gasteiger partial charge in [-0.25, -0.2) is 9.89 Å². The maximum atomic E-state index is 11.5. The van der Waals surface area contributed by atoms with Gasteiger partial charge in [-0.3, -0.25) is 4.57 Å². The predicted molar refractivity (Wildman–Crippen MR) is 77.4 cm³/mol. The van der Waals surface area contributed by atoms with E-state index >= 15 is 0 Å². The SMILES string of the molecule is CCn1c(SC(CN)c2ccc(C)cc2)n[nH]c1=O. The first kappa shape index (κ1) is 13.9. The van der Waals surface area contributed by atoms with Gasteiger partial charge >= 0.3 is 5.69 Å². The lowest BCUT2D eigenvalue weighted by Crippen LogP contribution is -2.17. The third-order valence-corrected chi connectivity index (χ3v) is 4.22. The van der Waals surface area contributed by atoms with Crippen molar-refractivity contribution >= 4 is 11.8 Å². The van der Waals surface area contributed by atoms with Crippen LogP contribution in [0.2, 0.25) is 0 Å². The molecule has 0 aliphatic carbocycles.